The number of carbonyl (C=O) groups is 1. The molecule has 10 heteroatoms. The van der Waals surface area contributed by atoms with Crippen molar-refractivity contribution in [3.05, 3.63) is 52.1 Å². The Hall–Kier alpha value is -2.36. The van der Waals surface area contributed by atoms with Crippen LogP contribution in [-0.2, 0) is 21.4 Å². The lowest BCUT2D eigenvalue weighted by molar-refractivity contribution is -0.132. The number of aromatic nitrogens is 2. The van der Waals surface area contributed by atoms with Crippen LogP contribution in [0.15, 0.2) is 40.7 Å². The molecule has 0 aliphatic carbocycles. The molecule has 1 aromatic carbocycles. The van der Waals surface area contributed by atoms with Crippen LogP contribution in [0, 0.1) is 13.8 Å². The molecule has 1 saturated heterocycles. The van der Waals surface area contributed by atoms with E-state index in [1.807, 2.05) is 24.1 Å². The van der Waals surface area contributed by atoms with Gasteiger partial charge < -0.3 is 9.47 Å². The van der Waals surface area contributed by atoms with E-state index in [0.717, 1.165) is 43.6 Å². The minimum absolute atomic E-state index is 0.0201. The number of likely N-dealkylation sites (tertiary alicyclic amines) is 1. The van der Waals surface area contributed by atoms with Crippen molar-refractivity contribution in [3.8, 4) is 10.7 Å². The van der Waals surface area contributed by atoms with Gasteiger partial charge in [0.2, 0.25) is 5.91 Å². The number of piperidine rings is 1. The molecule has 32 heavy (non-hydrogen) atoms. The number of anilines is 1. The second kappa shape index (κ2) is 9.25. The molecule has 0 radical (unpaired) electrons. The Kier molecular flexibility index (Phi) is 6.60. The molecule has 2 aromatic heterocycles. The highest BCUT2D eigenvalue weighted by Crippen LogP contribution is 2.30. The summed E-state index contributed by atoms with van der Waals surface area (Å²) in [4.78, 5) is 19.3. The van der Waals surface area contributed by atoms with Gasteiger partial charge in [0.05, 0.1) is 16.4 Å². The van der Waals surface area contributed by atoms with Gasteiger partial charge >= 0.3 is 0 Å². The number of rotatable bonds is 6. The van der Waals surface area contributed by atoms with Gasteiger partial charge in [0.25, 0.3) is 10.0 Å². The number of aryl methyl sites for hydroxylation is 2. The number of hydrogen-bond donors (Lipinski definition) is 1. The van der Waals surface area contributed by atoms with Crippen molar-refractivity contribution in [2.75, 3.05) is 17.8 Å². The molecule has 7 nitrogen and oxygen atoms in total. The molecule has 1 fully saturated rings. The van der Waals surface area contributed by atoms with Crippen LogP contribution in [0.5, 0.6) is 0 Å². The molecule has 0 bridgehead atoms. The second-order valence-electron chi connectivity index (χ2n) is 8.01. The van der Waals surface area contributed by atoms with E-state index in [2.05, 4.69) is 9.71 Å². The molecular formula is C22H25ClN4O3S2. The minimum atomic E-state index is -3.92. The summed E-state index contributed by atoms with van der Waals surface area (Å²) in [6.07, 6.45) is 4.62. The van der Waals surface area contributed by atoms with Crippen LogP contribution in [-0.4, -0.2) is 41.9 Å². The predicted octanol–water partition coefficient (Wildman–Crippen LogP) is 4.70. The summed E-state index contributed by atoms with van der Waals surface area (Å²) in [5.41, 5.74) is 2.68. The second-order valence-corrected chi connectivity index (χ2v) is 11.0. The molecule has 0 saturated carbocycles. The van der Waals surface area contributed by atoms with E-state index >= 15 is 0 Å². The lowest BCUT2D eigenvalue weighted by Crippen LogP contribution is -2.37. The van der Waals surface area contributed by atoms with Gasteiger partial charge in [0.15, 0.2) is 0 Å². The van der Waals surface area contributed by atoms with Gasteiger partial charge in [0, 0.05) is 30.4 Å². The Morgan fingerprint density at radius 3 is 2.59 bits per heavy atom. The molecule has 0 unspecified atom stereocenters. The molecule has 1 aliphatic heterocycles. The van der Waals surface area contributed by atoms with Crippen molar-refractivity contribution in [1.82, 2.24) is 14.5 Å². The van der Waals surface area contributed by atoms with Crippen LogP contribution in [0.2, 0.25) is 5.02 Å². The zero-order chi connectivity index (χ0) is 22.9. The Labute approximate surface area is 197 Å². The minimum Gasteiger partial charge on any atom is -0.341 e. The lowest BCUT2D eigenvalue weighted by Gasteiger charge is -2.27. The number of nitrogens with zero attached hydrogens (tertiary/aromatic N) is 3. The Morgan fingerprint density at radius 2 is 1.94 bits per heavy atom. The van der Waals surface area contributed by atoms with Gasteiger partial charge in [-0.05, 0) is 56.9 Å². The van der Waals surface area contributed by atoms with Gasteiger partial charge in [-0.2, -0.15) is 0 Å². The smallest absolute Gasteiger partial charge is 0.263 e. The lowest BCUT2D eigenvalue weighted by atomic mass is 10.1. The van der Waals surface area contributed by atoms with Gasteiger partial charge in [-0.15, -0.1) is 11.3 Å². The van der Waals surface area contributed by atoms with Crippen molar-refractivity contribution < 1.29 is 13.2 Å². The normalized spacial score (nSPS) is 14.5. The van der Waals surface area contributed by atoms with E-state index in [0.29, 0.717) is 21.4 Å². The molecule has 1 N–H and O–H groups in total. The van der Waals surface area contributed by atoms with E-state index in [1.54, 1.807) is 28.8 Å². The monoisotopic (exact) mass is 492 g/mol. The third kappa shape index (κ3) is 5.00. The predicted molar refractivity (Wildman–Crippen MR) is 128 cm³/mol. The number of carbonyl (C=O) groups excluding carboxylic acids is 1. The highest BCUT2D eigenvalue weighted by molar-refractivity contribution is 7.92. The fourth-order valence-electron chi connectivity index (χ4n) is 3.71. The van der Waals surface area contributed by atoms with Crippen LogP contribution < -0.4 is 4.72 Å². The summed E-state index contributed by atoms with van der Waals surface area (Å²) in [7, 11) is -3.92. The molecule has 0 atom stereocenters. The van der Waals surface area contributed by atoms with E-state index in [4.69, 9.17) is 11.6 Å². The van der Waals surface area contributed by atoms with Crippen LogP contribution in [0.25, 0.3) is 10.7 Å². The van der Waals surface area contributed by atoms with Crippen molar-refractivity contribution >= 4 is 44.6 Å². The van der Waals surface area contributed by atoms with Crippen LogP contribution in [0.3, 0.4) is 0 Å². The van der Waals surface area contributed by atoms with E-state index < -0.39 is 10.0 Å². The molecule has 4 rings (SSSR count). The van der Waals surface area contributed by atoms with E-state index in [1.165, 1.54) is 17.5 Å². The Bertz CT molecular complexity index is 1240. The summed E-state index contributed by atoms with van der Waals surface area (Å²) in [5.74, 6) is -0.0201. The highest BCUT2D eigenvalue weighted by Gasteiger charge is 2.24. The molecule has 3 heterocycles. The first-order valence-electron chi connectivity index (χ1n) is 10.4. The first-order valence-corrected chi connectivity index (χ1v) is 13.2. The largest absolute Gasteiger partial charge is 0.341 e. The maximum Gasteiger partial charge on any atom is 0.263 e. The third-order valence-electron chi connectivity index (χ3n) is 5.40. The Balaban J connectivity index is 1.67. The molecule has 170 valence electrons. The van der Waals surface area contributed by atoms with Crippen molar-refractivity contribution in [3.63, 3.8) is 0 Å². The van der Waals surface area contributed by atoms with Crippen molar-refractivity contribution in [1.29, 1.82) is 0 Å². The maximum absolute atomic E-state index is 13.1. The summed E-state index contributed by atoms with van der Waals surface area (Å²) in [6, 6.07) is 6.69. The van der Waals surface area contributed by atoms with Gasteiger partial charge in [-0.25, -0.2) is 13.4 Å². The average molecular weight is 493 g/mol. The summed E-state index contributed by atoms with van der Waals surface area (Å²) < 4.78 is 30.5. The first kappa shape index (κ1) is 22.8. The molecule has 3 aromatic rings. The highest BCUT2D eigenvalue weighted by atomic mass is 35.5. The Morgan fingerprint density at radius 1 is 1.19 bits per heavy atom. The molecule has 0 spiro atoms. The summed E-state index contributed by atoms with van der Waals surface area (Å²) in [6.45, 7) is 5.31. The average Bonchev–Trinajstić information content (AvgIpc) is 3.37. The maximum atomic E-state index is 13.1. The zero-order valence-corrected chi connectivity index (χ0v) is 20.4. The topological polar surface area (TPSA) is 84.3 Å². The molecule has 1 amide bonds. The molecular weight excluding hydrogens is 468 g/mol. The number of benzene rings is 1. The van der Waals surface area contributed by atoms with Crippen molar-refractivity contribution in [2.45, 2.75) is 44.6 Å². The van der Waals surface area contributed by atoms with Crippen LogP contribution in [0.4, 0.5) is 5.69 Å². The van der Waals surface area contributed by atoms with E-state index in [9.17, 15) is 13.2 Å². The number of hydrogen-bond acceptors (Lipinski definition) is 5. The van der Waals surface area contributed by atoms with Gasteiger partial charge in [-0.1, -0.05) is 17.7 Å². The van der Waals surface area contributed by atoms with Crippen LogP contribution in [0.1, 0.15) is 30.5 Å². The summed E-state index contributed by atoms with van der Waals surface area (Å²) >= 11 is 7.64. The molecule has 1 aliphatic rings. The van der Waals surface area contributed by atoms with E-state index in [-0.39, 0.29) is 17.3 Å². The SMILES string of the molecule is Cc1ccc(NS(=O)(=O)c2cc(-c3nc(C)cs3)n(CC(=O)N3CCCCC3)c2)c(Cl)c1. The first-order chi connectivity index (χ1) is 15.2. The fraction of sp³-hybridized carbons (Fsp3) is 0.364. The van der Waals surface area contributed by atoms with Crippen molar-refractivity contribution in [2.24, 2.45) is 0 Å². The standard InChI is InChI=1S/C22H25ClN4O3S2/c1-15-6-7-19(18(23)10-15)25-32(29,30)17-11-20(22-24-16(2)14-31-22)27(12-17)13-21(28)26-8-4-3-5-9-26/h6-7,10-12,14,25H,3-5,8-9,13H2,1-2H3. The number of halogens is 1. The van der Waals surface area contributed by atoms with Gasteiger partial charge in [-0.3, -0.25) is 9.52 Å². The number of thiazole rings is 1. The zero-order valence-electron chi connectivity index (χ0n) is 18.0. The van der Waals surface area contributed by atoms with Gasteiger partial charge in [0.1, 0.15) is 16.4 Å². The number of amides is 1. The quantitative estimate of drug-likeness (QED) is 0.540. The number of sulfonamides is 1. The third-order valence-corrected chi connectivity index (χ3v) is 8.03. The number of nitrogens with one attached hydrogen (secondary N) is 1. The fourth-order valence-corrected chi connectivity index (χ4v) is 5.99. The summed E-state index contributed by atoms with van der Waals surface area (Å²) in [5, 5.41) is 2.89. The van der Waals surface area contributed by atoms with Crippen LogP contribution >= 0.6 is 22.9 Å².